The molecule has 16 heavy (non-hydrogen) atoms. The fourth-order valence-corrected chi connectivity index (χ4v) is 3.44. The van der Waals surface area contributed by atoms with E-state index in [-0.39, 0.29) is 0 Å². The first-order valence-electron chi connectivity index (χ1n) is 5.05. The number of nitrogen functional groups attached to an aromatic ring is 1. The molecule has 0 radical (unpaired) electrons. The molecule has 0 fully saturated rings. The van der Waals surface area contributed by atoms with E-state index in [9.17, 15) is 0 Å². The first-order valence-corrected chi connectivity index (χ1v) is 6.85. The highest BCUT2D eigenvalue weighted by molar-refractivity contribution is 8.00. The number of nitrogens with two attached hydrogens (primary N) is 1. The molecule has 0 aliphatic rings. The monoisotopic (exact) mass is 254 g/mol. The van der Waals surface area contributed by atoms with Crippen LogP contribution in [0, 0.1) is 6.92 Å². The van der Waals surface area contributed by atoms with Crippen molar-refractivity contribution in [2.45, 2.75) is 30.4 Å². The van der Waals surface area contributed by atoms with Gasteiger partial charge >= 0.3 is 0 Å². The number of aromatic nitrogens is 3. The number of aryl methyl sites for hydroxylation is 2. The quantitative estimate of drug-likeness (QED) is 0.852. The van der Waals surface area contributed by atoms with Gasteiger partial charge in [-0.25, -0.2) is 9.97 Å². The van der Waals surface area contributed by atoms with E-state index in [4.69, 9.17) is 5.73 Å². The Morgan fingerprint density at radius 3 is 3.00 bits per heavy atom. The molecule has 0 saturated heterocycles. The molecule has 2 N–H and O–H groups in total. The van der Waals surface area contributed by atoms with Gasteiger partial charge in [-0.3, -0.25) is 0 Å². The van der Waals surface area contributed by atoms with Crippen LogP contribution in [-0.4, -0.2) is 14.5 Å². The van der Waals surface area contributed by atoms with Crippen molar-refractivity contribution in [1.29, 1.82) is 0 Å². The fraction of sp³-hybridized carbons (Fsp3) is 0.400. The van der Waals surface area contributed by atoms with Crippen LogP contribution in [0.3, 0.4) is 0 Å². The molecule has 2 aromatic heterocycles. The number of anilines is 1. The number of rotatable bonds is 4. The molecule has 0 amide bonds. The molecule has 0 bridgehead atoms. The minimum absolute atomic E-state index is 0.643. The molecule has 2 aromatic rings. The van der Waals surface area contributed by atoms with Crippen LogP contribution in [0.5, 0.6) is 0 Å². The molecule has 0 atom stereocenters. The standard InChI is InChI=1S/C10H14N4S2/c1-3-14-6-12-4-8(14)5-15-9-7(2)13-10(11)16-9/h4,6H,3,5H2,1-2H3,(H2,11,13). The predicted octanol–water partition coefficient (Wildman–Crippen LogP) is 2.54. The number of imidazole rings is 1. The molecule has 0 spiro atoms. The SMILES string of the molecule is CCn1cncc1CSc1sc(N)nc1C. The zero-order valence-corrected chi connectivity index (χ0v) is 10.9. The Balaban J connectivity index is 2.05. The van der Waals surface area contributed by atoms with Crippen molar-refractivity contribution in [3.8, 4) is 0 Å². The summed E-state index contributed by atoms with van der Waals surface area (Å²) in [6, 6.07) is 0. The summed E-state index contributed by atoms with van der Waals surface area (Å²) < 4.78 is 3.34. The lowest BCUT2D eigenvalue weighted by atomic mass is 10.5. The van der Waals surface area contributed by atoms with Crippen LogP contribution in [0.1, 0.15) is 18.3 Å². The maximum absolute atomic E-state index is 5.66. The summed E-state index contributed by atoms with van der Waals surface area (Å²) in [6.45, 7) is 5.07. The van der Waals surface area contributed by atoms with Gasteiger partial charge in [-0.05, 0) is 13.8 Å². The van der Waals surface area contributed by atoms with E-state index in [2.05, 4.69) is 21.5 Å². The summed E-state index contributed by atoms with van der Waals surface area (Å²) in [5, 5.41) is 0.643. The number of thiazole rings is 1. The molecule has 86 valence electrons. The Labute approximate surface area is 103 Å². The highest BCUT2D eigenvalue weighted by Gasteiger charge is 2.07. The van der Waals surface area contributed by atoms with Gasteiger partial charge in [0, 0.05) is 24.2 Å². The molecule has 0 unspecified atom stereocenters. The number of thioether (sulfide) groups is 1. The summed E-state index contributed by atoms with van der Waals surface area (Å²) in [6.07, 6.45) is 3.78. The fourth-order valence-electron chi connectivity index (χ4n) is 1.43. The molecule has 2 rings (SSSR count). The average Bonchev–Trinajstić information content (AvgIpc) is 2.81. The van der Waals surface area contributed by atoms with Gasteiger partial charge in [0.1, 0.15) is 0 Å². The van der Waals surface area contributed by atoms with Crippen molar-refractivity contribution in [1.82, 2.24) is 14.5 Å². The third kappa shape index (κ3) is 2.38. The zero-order chi connectivity index (χ0) is 11.5. The van der Waals surface area contributed by atoms with Crippen LogP contribution in [-0.2, 0) is 12.3 Å². The second-order valence-corrected chi connectivity index (χ2v) is 5.66. The van der Waals surface area contributed by atoms with Crippen molar-refractivity contribution in [3.63, 3.8) is 0 Å². The Morgan fingerprint density at radius 1 is 1.56 bits per heavy atom. The number of hydrogen-bond acceptors (Lipinski definition) is 5. The highest BCUT2D eigenvalue weighted by atomic mass is 32.2. The first kappa shape index (κ1) is 11.5. The lowest BCUT2D eigenvalue weighted by Crippen LogP contribution is -1.96. The van der Waals surface area contributed by atoms with Gasteiger partial charge in [-0.15, -0.1) is 11.8 Å². The molecule has 0 aromatic carbocycles. The summed E-state index contributed by atoms with van der Waals surface area (Å²) in [5.74, 6) is 0.913. The van der Waals surface area contributed by atoms with Gasteiger partial charge in [0.25, 0.3) is 0 Å². The van der Waals surface area contributed by atoms with Gasteiger partial charge in [0.15, 0.2) is 5.13 Å². The molecular formula is C10H14N4S2. The van der Waals surface area contributed by atoms with Gasteiger partial charge < -0.3 is 10.3 Å². The number of nitrogens with zero attached hydrogens (tertiary/aromatic N) is 3. The second-order valence-electron chi connectivity index (χ2n) is 3.38. The van der Waals surface area contributed by atoms with E-state index in [0.29, 0.717) is 5.13 Å². The van der Waals surface area contributed by atoms with Crippen LogP contribution < -0.4 is 5.73 Å². The lowest BCUT2D eigenvalue weighted by Gasteiger charge is -2.03. The van der Waals surface area contributed by atoms with Crippen LogP contribution >= 0.6 is 23.1 Å². The molecular weight excluding hydrogens is 240 g/mol. The average molecular weight is 254 g/mol. The second kappa shape index (κ2) is 4.88. The number of hydrogen-bond donors (Lipinski definition) is 1. The Kier molecular flexibility index (Phi) is 3.50. The minimum Gasteiger partial charge on any atom is -0.375 e. The zero-order valence-electron chi connectivity index (χ0n) is 9.30. The summed E-state index contributed by atoms with van der Waals surface area (Å²) >= 11 is 3.32. The van der Waals surface area contributed by atoms with Crippen molar-refractivity contribution in [3.05, 3.63) is 23.9 Å². The molecule has 0 aliphatic carbocycles. The van der Waals surface area contributed by atoms with Crippen molar-refractivity contribution < 1.29 is 0 Å². The third-order valence-electron chi connectivity index (χ3n) is 2.26. The molecule has 0 saturated carbocycles. The van der Waals surface area contributed by atoms with E-state index in [1.165, 1.54) is 9.90 Å². The van der Waals surface area contributed by atoms with Crippen molar-refractivity contribution >= 4 is 28.2 Å². The van der Waals surface area contributed by atoms with Crippen molar-refractivity contribution in [2.24, 2.45) is 0 Å². The smallest absolute Gasteiger partial charge is 0.181 e. The summed E-state index contributed by atoms with van der Waals surface area (Å²) in [7, 11) is 0. The summed E-state index contributed by atoms with van der Waals surface area (Å²) in [4.78, 5) is 8.35. The normalized spacial score (nSPS) is 10.9. The molecule has 0 aliphatic heterocycles. The maximum atomic E-state index is 5.66. The predicted molar refractivity (Wildman–Crippen MR) is 68.7 cm³/mol. The van der Waals surface area contributed by atoms with E-state index in [0.717, 1.165) is 18.0 Å². The largest absolute Gasteiger partial charge is 0.375 e. The Hall–Kier alpha value is -1.01. The van der Waals surface area contributed by atoms with E-state index < -0.39 is 0 Å². The minimum atomic E-state index is 0.643. The molecule has 6 heteroatoms. The summed E-state index contributed by atoms with van der Waals surface area (Å²) in [5.41, 5.74) is 7.92. The highest BCUT2D eigenvalue weighted by Crippen LogP contribution is 2.32. The van der Waals surface area contributed by atoms with Crippen LogP contribution in [0.15, 0.2) is 16.7 Å². The Bertz CT molecular complexity index is 475. The maximum Gasteiger partial charge on any atom is 0.181 e. The van der Waals surface area contributed by atoms with E-state index in [1.54, 1.807) is 23.1 Å². The Morgan fingerprint density at radius 2 is 2.38 bits per heavy atom. The van der Waals surface area contributed by atoms with Gasteiger partial charge in [0.05, 0.1) is 16.2 Å². The first-order chi connectivity index (χ1) is 7.70. The lowest BCUT2D eigenvalue weighted by molar-refractivity contribution is 0.734. The van der Waals surface area contributed by atoms with Gasteiger partial charge in [0.2, 0.25) is 0 Å². The van der Waals surface area contributed by atoms with E-state index >= 15 is 0 Å². The molecule has 4 nitrogen and oxygen atoms in total. The van der Waals surface area contributed by atoms with Gasteiger partial charge in [-0.1, -0.05) is 11.3 Å². The van der Waals surface area contributed by atoms with E-state index in [1.807, 2.05) is 19.4 Å². The van der Waals surface area contributed by atoms with Gasteiger partial charge in [-0.2, -0.15) is 0 Å². The van der Waals surface area contributed by atoms with Crippen LogP contribution in [0.25, 0.3) is 0 Å². The third-order valence-corrected chi connectivity index (χ3v) is 4.64. The topological polar surface area (TPSA) is 56.7 Å². The van der Waals surface area contributed by atoms with Crippen LogP contribution in [0.4, 0.5) is 5.13 Å². The molecule has 2 heterocycles. The van der Waals surface area contributed by atoms with Crippen LogP contribution in [0.2, 0.25) is 0 Å². The van der Waals surface area contributed by atoms with Crippen molar-refractivity contribution in [2.75, 3.05) is 5.73 Å².